The Bertz CT molecular complexity index is 1360. The van der Waals surface area contributed by atoms with Crippen LogP contribution in [0.4, 0.5) is 18.9 Å². The van der Waals surface area contributed by atoms with Crippen LogP contribution in [0.15, 0.2) is 78.0 Å². The van der Waals surface area contributed by atoms with Crippen LogP contribution in [0, 0.1) is 6.92 Å². The quantitative estimate of drug-likeness (QED) is 0.260. The number of carbonyl (C=O) groups excluding carboxylic acids is 1. The number of aromatic nitrogens is 3. The van der Waals surface area contributed by atoms with Gasteiger partial charge in [0.1, 0.15) is 12.4 Å². The maximum Gasteiger partial charge on any atom is 0.416 e. The molecule has 4 aromatic rings. The highest BCUT2D eigenvalue weighted by molar-refractivity contribution is 7.99. The van der Waals surface area contributed by atoms with Gasteiger partial charge < -0.3 is 10.1 Å². The van der Waals surface area contributed by atoms with Gasteiger partial charge in [0.2, 0.25) is 5.91 Å². The number of hydrogen-bond donors (Lipinski definition) is 1. The third kappa shape index (κ3) is 6.38. The van der Waals surface area contributed by atoms with Crippen LogP contribution in [0.5, 0.6) is 5.75 Å². The van der Waals surface area contributed by atoms with Crippen molar-refractivity contribution in [1.29, 1.82) is 0 Å². The Morgan fingerprint density at radius 2 is 1.83 bits per heavy atom. The van der Waals surface area contributed by atoms with E-state index in [1.165, 1.54) is 12.1 Å². The summed E-state index contributed by atoms with van der Waals surface area (Å²) in [5.74, 6) is 0.568. The lowest BCUT2D eigenvalue weighted by Crippen LogP contribution is -2.15. The van der Waals surface area contributed by atoms with Crippen LogP contribution in [-0.2, 0) is 17.6 Å². The number of nitrogens with one attached hydrogen (secondary N) is 1. The number of hydrogen-bond acceptors (Lipinski definition) is 5. The van der Waals surface area contributed by atoms with Gasteiger partial charge in [-0.1, -0.05) is 47.6 Å². The zero-order valence-electron chi connectivity index (χ0n) is 18.9. The second-order valence-corrected chi connectivity index (χ2v) is 9.03. The van der Waals surface area contributed by atoms with Crippen molar-refractivity contribution in [2.24, 2.45) is 0 Å². The van der Waals surface area contributed by atoms with Crippen molar-refractivity contribution in [3.05, 3.63) is 94.8 Å². The number of rotatable bonds is 8. The molecule has 1 heterocycles. The molecule has 1 N–H and O–H groups in total. The molecule has 1 amide bonds. The number of alkyl halides is 3. The fraction of sp³-hybridized carbons (Fsp3) is 0.160. The molecule has 0 spiro atoms. The Hall–Kier alpha value is -3.50. The van der Waals surface area contributed by atoms with E-state index in [-0.39, 0.29) is 18.0 Å². The number of amides is 1. The molecular formula is C25H20ClF3N4O2S. The summed E-state index contributed by atoms with van der Waals surface area (Å²) < 4.78 is 46.5. The number of ether oxygens (including phenoxy) is 1. The van der Waals surface area contributed by atoms with E-state index in [1.54, 1.807) is 16.7 Å². The first kappa shape index (κ1) is 25.6. The lowest BCUT2D eigenvalue weighted by atomic mass is 10.2. The van der Waals surface area contributed by atoms with Crippen LogP contribution in [-0.4, -0.2) is 26.4 Å². The first-order valence-electron chi connectivity index (χ1n) is 10.7. The Labute approximate surface area is 214 Å². The molecule has 0 aliphatic heterocycles. The summed E-state index contributed by atoms with van der Waals surface area (Å²) in [4.78, 5) is 12.5. The van der Waals surface area contributed by atoms with Crippen LogP contribution in [0.1, 0.15) is 17.0 Å². The molecule has 0 saturated carbocycles. The highest BCUT2D eigenvalue weighted by Gasteiger charge is 2.30. The van der Waals surface area contributed by atoms with Crippen molar-refractivity contribution in [2.75, 3.05) is 11.1 Å². The van der Waals surface area contributed by atoms with Gasteiger partial charge in [0, 0.05) is 16.4 Å². The normalized spacial score (nSPS) is 11.4. The predicted octanol–water partition coefficient (Wildman–Crippen LogP) is 6.56. The van der Waals surface area contributed by atoms with E-state index in [4.69, 9.17) is 16.3 Å². The van der Waals surface area contributed by atoms with Crippen molar-refractivity contribution >= 4 is 35.0 Å². The minimum absolute atomic E-state index is 0.0623. The molecule has 11 heteroatoms. The average molecular weight is 533 g/mol. The first-order valence-corrected chi connectivity index (χ1v) is 12.1. The van der Waals surface area contributed by atoms with Crippen molar-refractivity contribution in [3.8, 4) is 11.4 Å². The number of anilines is 1. The number of carbonyl (C=O) groups is 1. The van der Waals surface area contributed by atoms with Gasteiger partial charge in [-0.25, -0.2) is 0 Å². The molecular weight excluding hydrogens is 513 g/mol. The van der Waals surface area contributed by atoms with Gasteiger partial charge in [0.05, 0.1) is 11.3 Å². The zero-order valence-corrected chi connectivity index (χ0v) is 20.5. The molecule has 0 aliphatic rings. The highest BCUT2D eigenvalue weighted by Crippen LogP contribution is 2.31. The molecule has 1 aromatic heterocycles. The van der Waals surface area contributed by atoms with Gasteiger partial charge >= 0.3 is 6.18 Å². The number of benzene rings is 3. The second-order valence-electron chi connectivity index (χ2n) is 7.68. The monoisotopic (exact) mass is 532 g/mol. The molecule has 6 nitrogen and oxygen atoms in total. The second kappa shape index (κ2) is 11.0. The molecule has 0 saturated heterocycles. The largest absolute Gasteiger partial charge is 0.486 e. The third-order valence-corrected chi connectivity index (χ3v) is 6.37. The Morgan fingerprint density at radius 1 is 1.06 bits per heavy atom. The van der Waals surface area contributed by atoms with E-state index in [2.05, 4.69) is 15.5 Å². The Kier molecular flexibility index (Phi) is 7.85. The first-order chi connectivity index (χ1) is 17.2. The predicted molar refractivity (Wildman–Crippen MR) is 133 cm³/mol. The summed E-state index contributed by atoms with van der Waals surface area (Å²) in [5.41, 5.74) is 0.875. The molecule has 0 atom stereocenters. The molecule has 3 aromatic carbocycles. The number of aryl methyl sites for hydroxylation is 1. The summed E-state index contributed by atoms with van der Waals surface area (Å²) in [6.07, 6.45) is -4.50. The Morgan fingerprint density at radius 3 is 2.56 bits per heavy atom. The molecule has 36 heavy (non-hydrogen) atoms. The topological polar surface area (TPSA) is 69.0 Å². The van der Waals surface area contributed by atoms with Crippen molar-refractivity contribution < 1.29 is 22.7 Å². The summed E-state index contributed by atoms with van der Waals surface area (Å²) >= 11 is 7.19. The molecule has 0 fully saturated rings. The molecule has 0 aliphatic carbocycles. The van der Waals surface area contributed by atoms with Crippen LogP contribution in [0.3, 0.4) is 0 Å². The average Bonchev–Trinajstić information content (AvgIpc) is 3.26. The van der Waals surface area contributed by atoms with Crippen LogP contribution in [0.2, 0.25) is 5.02 Å². The number of para-hydroxylation sites is 1. The van der Waals surface area contributed by atoms with E-state index in [1.807, 2.05) is 43.3 Å². The maximum absolute atomic E-state index is 12.9. The molecule has 4 rings (SSSR count). The SMILES string of the molecule is Cc1cc(OCc2nnc(SCC(=O)Nc3cccc(C(F)(F)F)c3)n2-c2ccccc2)ccc1Cl. The maximum atomic E-state index is 12.9. The smallest absolute Gasteiger partial charge is 0.416 e. The minimum atomic E-state index is -4.50. The van der Waals surface area contributed by atoms with Crippen LogP contribution in [0.25, 0.3) is 5.69 Å². The lowest BCUT2D eigenvalue weighted by molar-refractivity contribution is -0.137. The van der Waals surface area contributed by atoms with E-state index in [0.717, 1.165) is 35.1 Å². The molecule has 0 bridgehead atoms. The van der Waals surface area contributed by atoms with Gasteiger partial charge in [-0.2, -0.15) is 13.2 Å². The van der Waals surface area contributed by atoms with E-state index in [0.29, 0.717) is 21.8 Å². The standard InChI is InChI=1S/C25H20ClF3N4O2S/c1-16-12-20(10-11-21(16)26)35-14-22-31-32-24(33(22)19-8-3-2-4-9-19)36-15-23(34)30-18-7-5-6-17(13-18)25(27,28)29/h2-13H,14-15H2,1H3,(H,30,34). The van der Waals surface area contributed by atoms with E-state index in [9.17, 15) is 18.0 Å². The molecule has 0 radical (unpaired) electrons. The fourth-order valence-electron chi connectivity index (χ4n) is 3.28. The van der Waals surface area contributed by atoms with Crippen molar-refractivity contribution in [1.82, 2.24) is 14.8 Å². The number of nitrogens with zero attached hydrogens (tertiary/aromatic N) is 3. The van der Waals surface area contributed by atoms with Crippen molar-refractivity contribution in [2.45, 2.75) is 24.9 Å². The zero-order chi connectivity index (χ0) is 25.7. The van der Waals surface area contributed by atoms with E-state index < -0.39 is 17.6 Å². The van der Waals surface area contributed by atoms with Crippen LogP contribution < -0.4 is 10.1 Å². The number of halogens is 4. The highest BCUT2D eigenvalue weighted by atomic mass is 35.5. The minimum Gasteiger partial charge on any atom is -0.486 e. The van der Waals surface area contributed by atoms with Crippen molar-refractivity contribution in [3.63, 3.8) is 0 Å². The third-order valence-electron chi connectivity index (χ3n) is 5.02. The van der Waals surface area contributed by atoms with Crippen LogP contribution >= 0.6 is 23.4 Å². The Balaban J connectivity index is 1.48. The summed E-state index contributed by atoms with van der Waals surface area (Å²) in [6.45, 7) is 1.99. The van der Waals surface area contributed by atoms with Gasteiger partial charge in [-0.15, -0.1) is 10.2 Å². The molecule has 0 unspecified atom stereocenters. The summed E-state index contributed by atoms with van der Waals surface area (Å²) in [7, 11) is 0. The lowest BCUT2D eigenvalue weighted by Gasteiger charge is -2.12. The fourth-order valence-corrected chi connectivity index (χ4v) is 4.17. The van der Waals surface area contributed by atoms with E-state index >= 15 is 0 Å². The number of thioether (sulfide) groups is 1. The summed E-state index contributed by atoms with van der Waals surface area (Å²) in [6, 6.07) is 19.1. The van der Waals surface area contributed by atoms with Gasteiger partial charge in [-0.3, -0.25) is 9.36 Å². The van der Waals surface area contributed by atoms with Gasteiger partial charge in [0.15, 0.2) is 11.0 Å². The summed E-state index contributed by atoms with van der Waals surface area (Å²) in [5, 5.41) is 12.0. The molecule has 186 valence electrons. The van der Waals surface area contributed by atoms with Gasteiger partial charge in [-0.05, 0) is 61.0 Å². The van der Waals surface area contributed by atoms with Gasteiger partial charge in [0.25, 0.3) is 0 Å².